The molecule has 102 valence electrons. The van der Waals surface area contributed by atoms with Gasteiger partial charge in [-0.3, -0.25) is 0 Å². The van der Waals surface area contributed by atoms with Crippen LogP contribution in [0.2, 0.25) is 10.0 Å². The lowest BCUT2D eigenvalue weighted by Crippen LogP contribution is -2.24. The maximum absolute atomic E-state index is 6.09. The Bertz CT molecular complexity index is 333. The summed E-state index contributed by atoms with van der Waals surface area (Å²) in [6.45, 7) is 8.24. The first-order valence-corrected chi connectivity index (χ1v) is 7.21. The van der Waals surface area contributed by atoms with Gasteiger partial charge in [0.2, 0.25) is 0 Å². The molecule has 4 heteroatoms. The first kappa shape index (κ1) is 15.8. The van der Waals surface area contributed by atoms with Crippen LogP contribution in [0.5, 0.6) is 0 Å². The van der Waals surface area contributed by atoms with Crippen molar-refractivity contribution in [3.8, 4) is 0 Å². The third-order valence-electron chi connectivity index (χ3n) is 2.62. The molecule has 0 bridgehead atoms. The van der Waals surface area contributed by atoms with Gasteiger partial charge in [-0.2, -0.15) is 0 Å². The highest BCUT2D eigenvalue weighted by molar-refractivity contribution is 6.35. The van der Waals surface area contributed by atoms with Crippen molar-refractivity contribution in [1.82, 2.24) is 10.6 Å². The Kier molecular flexibility index (Phi) is 7.68. The average Bonchev–Trinajstić information content (AvgIpc) is 2.30. The molecule has 0 aliphatic heterocycles. The minimum atomic E-state index is 0.708. The molecule has 2 N–H and O–H groups in total. The van der Waals surface area contributed by atoms with Crippen LogP contribution < -0.4 is 10.6 Å². The Hall–Kier alpha value is -0.280. The second kappa shape index (κ2) is 8.76. The van der Waals surface area contributed by atoms with Crippen LogP contribution in [0.4, 0.5) is 0 Å². The summed E-state index contributed by atoms with van der Waals surface area (Å²) >= 11 is 12.2. The Labute approximate surface area is 120 Å². The summed E-state index contributed by atoms with van der Waals surface area (Å²) in [4.78, 5) is 0. The monoisotopic (exact) mass is 288 g/mol. The van der Waals surface area contributed by atoms with Crippen LogP contribution in [0, 0.1) is 5.92 Å². The van der Waals surface area contributed by atoms with Gasteiger partial charge in [0.25, 0.3) is 0 Å². The van der Waals surface area contributed by atoms with Crippen LogP contribution in [0.3, 0.4) is 0 Å². The van der Waals surface area contributed by atoms with E-state index < -0.39 is 0 Å². The Morgan fingerprint density at radius 3 is 2.28 bits per heavy atom. The van der Waals surface area contributed by atoms with E-state index in [2.05, 4.69) is 24.5 Å². The summed E-state index contributed by atoms with van der Waals surface area (Å²) < 4.78 is 0. The normalized spacial score (nSPS) is 11.2. The van der Waals surface area contributed by atoms with Gasteiger partial charge in [-0.25, -0.2) is 0 Å². The van der Waals surface area contributed by atoms with Gasteiger partial charge in [-0.1, -0.05) is 43.1 Å². The summed E-state index contributed by atoms with van der Waals surface area (Å²) in [7, 11) is 0. The number of rotatable bonds is 8. The minimum absolute atomic E-state index is 0.708. The maximum atomic E-state index is 6.09. The quantitative estimate of drug-likeness (QED) is 0.713. The Balaban J connectivity index is 2.14. The lowest BCUT2D eigenvalue weighted by molar-refractivity contribution is 0.530. The third-order valence-corrected chi connectivity index (χ3v) is 3.33. The van der Waals surface area contributed by atoms with Crippen molar-refractivity contribution in [2.45, 2.75) is 26.8 Å². The lowest BCUT2D eigenvalue weighted by atomic mass is 10.2. The molecule has 0 aliphatic rings. The molecule has 1 aromatic carbocycles. The van der Waals surface area contributed by atoms with Crippen molar-refractivity contribution in [3.05, 3.63) is 33.8 Å². The van der Waals surface area contributed by atoms with Gasteiger partial charge >= 0.3 is 0 Å². The first-order valence-electron chi connectivity index (χ1n) is 6.45. The SMILES string of the molecule is CC(C)CNCCCNCc1c(Cl)cccc1Cl. The van der Waals surface area contributed by atoms with Gasteiger partial charge in [0, 0.05) is 22.2 Å². The summed E-state index contributed by atoms with van der Waals surface area (Å²) in [5, 5.41) is 8.24. The van der Waals surface area contributed by atoms with Crippen LogP contribution in [-0.2, 0) is 6.54 Å². The van der Waals surface area contributed by atoms with Gasteiger partial charge in [0.1, 0.15) is 0 Å². The van der Waals surface area contributed by atoms with E-state index >= 15 is 0 Å². The standard InChI is InChI=1S/C14H22Cl2N2/c1-11(2)9-17-7-4-8-18-10-12-13(15)5-3-6-14(12)16/h3,5-6,11,17-18H,4,7-10H2,1-2H3. The van der Waals surface area contributed by atoms with E-state index in [1.54, 1.807) is 0 Å². The predicted molar refractivity (Wildman–Crippen MR) is 80.5 cm³/mol. The minimum Gasteiger partial charge on any atom is -0.316 e. The van der Waals surface area contributed by atoms with Gasteiger partial charge in [-0.05, 0) is 44.1 Å². The van der Waals surface area contributed by atoms with Gasteiger partial charge in [0.15, 0.2) is 0 Å². The molecule has 1 aromatic rings. The molecule has 0 aromatic heterocycles. The molecular weight excluding hydrogens is 267 g/mol. The van der Waals surface area contributed by atoms with E-state index in [4.69, 9.17) is 23.2 Å². The molecule has 0 heterocycles. The molecule has 0 saturated carbocycles. The Morgan fingerprint density at radius 2 is 1.67 bits per heavy atom. The van der Waals surface area contributed by atoms with Crippen LogP contribution >= 0.6 is 23.2 Å². The zero-order valence-corrected chi connectivity index (χ0v) is 12.6. The second-order valence-corrected chi connectivity index (χ2v) is 5.64. The number of hydrogen-bond acceptors (Lipinski definition) is 2. The highest BCUT2D eigenvalue weighted by Gasteiger charge is 2.03. The van der Waals surface area contributed by atoms with Crippen LogP contribution in [0.15, 0.2) is 18.2 Å². The average molecular weight is 289 g/mol. The van der Waals surface area contributed by atoms with Crippen LogP contribution in [0.25, 0.3) is 0 Å². The molecule has 0 saturated heterocycles. The molecule has 0 spiro atoms. The van der Waals surface area contributed by atoms with Crippen molar-refractivity contribution < 1.29 is 0 Å². The molecule has 0 atom stereocenters. The van der Waals surface area contributed by atoms with Crippen LogP contribution in [0.1, 0.15) is 25.8 Å². The molecule has 0 radical (unpaired) electrons. The number of nitrogens with one attached hydrogen (secondary N) is 2. The fourth-order valence-corrected chi connectivity index (χ4v) is 2.17. The fourth-order valence-electron chi connectivity index (χ4n) is 1.64. The molecular formula is C14H22Cl2N2. The lowest BCUT2D eigenvalue weighted by Gasteiger charge is -2.10. The largest absolute Gasteiger partial charge is 0.316 e. The smallest absolute Gasteiger partial charge is 0.0465 e. The number of benzene rings is 1. The van der Waals surface area contributed by atoms with E-state index in [1.165, 1.54) is 0 Å². The van der Waals surface area contributed by atoms with Crippen molar-refractivity contribution in [1.29, 1.82) is 0 Å². The molecule has 18 heavy (non-hydrogen) atoms. The summed E-state index contributed by atoms with van der Waals surface area (Å²) in [5.74, 6) is 0.708. The molecule has 2 nitrogen and oxygen atoms in total. The molecule has 0 fully saturated rings. The molecule has 1 rings (SSSR count). The second-order valence-electron chi connectivity index (χ2n) is 4.83. The molecule has 0 unspecified atom stereocenters. The van der Waals surface area contributed by atoms with Crippen molar-refractivity contribution in [3.63, 3.8) is 0 Å². The van der Waals surface area contributed by atoms with E-state index in [-0.39, 0.29) is 0 Å². The number of hydrogen-bond donors (Lipinski definition) is 2. The highest BCUT2D eigenvalue weighted by atomic mass is 35.5. The van der Waals surface area contributed by atoms with E-state index in [0.717, 1.165) is 48.2 Å². The van der Waals surface area contributed by atoms with Crippen LogP contribution in [-0.4, -0.2) is 19.6 Å². The zero-order chi connectivity index (χ0) is 13.4. The summed E-state index contributed by atoms with van der Waals surface area (Å²) in [6.07, 6.45) is 1.11. The van der Waals surface area contributed by atoms with Gasteiger partial charge < -0.3 is 10.6 Å². The summed E-state index contributed by atoms with van der Waals surface area (Å²) in [6, 6.07) is 5.60. The fraction of sp³-hybridized carbons (Fsp3) is 0.571. The van der Waals surface area contributed by atoms with Crippen molar-refractivity contribution in [2.24, 2.45) is 5.92 Å². The van der Waals surface area contributed by atoms with E-state index in [1.807, 2.05) is 18.2 Å². The van der Waals surface area contributed by atoms with Gasteiger partial charge in [-0.15, -0.1) is 0 Å². The zero-order valence-electron chi connectivity index (χ0n) is 11.1. The third kappa shape index (κ3) is 6.05. The molecule has 0 aliphatic carbocycles. The van der Waals surface area contributed by atoms with Crippen molar-refractivity contribution >= 4 is 23.2 Å². The van der Waals surface area contributed by atoms with Gasteiger partial charge in [0.05, 0.1) is 0 Å². The Morgan fingerprint density at radius 1 is 1.06 bits per heavy atom. The highest BCUT2D eigenvalue weighted by Crippen LogP contribution is 2.23. The summed E-state index contributed by atoms with van der Waals surface area (Å²) in [5.41, 5.74) is 0.982. The van der Waals surface area contributed by atoms with E-state index in [0.29, 0.717) is 5.92 Å². The van der Waals surface area contributed by atoms with Crippen molar-refractivity contribution in [2.75, 3.05) is 19.6 Å². The number of halogens is 2. The first-order chi connectivity index (χ1) is 8.61. The van der Waals surface area contributed by atoms with E-state index in [9.17, 15) is 0 Å². The predicted octanol–water partition coefficient (Wildman–Crippen LogP) is 3.72. The molecule has 0 amide bonds. The topological polar surface area (TPSA) is 24.1 Å². The maximum Gasteiger partial charge on any atom is 0.0465 e.